The number of thioether (sulfide) groups is 1. The molecule has 0 spiro atoms. The van der Waals surface area contributed by atoms with Gasteiger partial charge in [0.25, 0.3) is 0 Å². The molecule has 0 radical (unpaired) electrons. The van der Waals surface area contributed by atoms with E-state index < -0.39 is 0 Å². The Morgan fingerprint density at radius 3 is 2.00 bits per heavy atom. The van der Waals surface area contributed by atoms with E-state index in [1.54, 1.807) is 23.9 Å². The standard InChI is InChI=1S/C8H9NOS.2ClH/c1-11-7-4-2-6(3-5-7)8(9)10;;/h2-5H,1H3,(H2,9,10);2*1H. The van der Waals surface area contributed by atoms with E-state index >= 15 is 0 Å². The van der Waals surface area contributed by atoms with Crippen molar-refractivity contribution in [2.45, 2.75) is 4.90 Å². The molecule has 0 unspecified atom stereocenters. The number of hydrogen-bond donors (Lipinski definition) is 1. The second-order valence-electron chi connectivity index (χ2n) is 2.09. The Hall–Kier alpha value is -0.380. The van der Waals surface area contributed by atoms with E-state index in [9.17, 15) is 4.79 Å². The molecular formula is C8H11Cl2NOS. The Labute approximate surface area is 94.1 Å². The maximum Gasteiger partial charge on any atom is 0.248 e. The maximum atomic E-state index is 10.6. The second-order valence-corrected chi connectivity index (χ2v) is 2.97. The summed E-state index contributed by atoms with van der Waals surface area (Å²) in [6, 6.07) is 7.22. The number of primary amides is 1. The summed E-state index contributed by atoms with van der Waals surface area (Å²) < 4.78 is 0. The summed E-state index contributed by atoms with van der Waals surface area (Å²) in [6.45, 7) is 0. The molecule has 0 saturated heterocycles. The molecule has 5 heteroatoms. The zero-order valence-corrected chi connectivity index (χ0v) is 9.47. The van der Waals surface area contributed by atoms with Gasteiger partial charge in [-0.15, -0.1) is 36.6 Å². The van der Waals surface area contributed by atoms with Gasteiger partial charge in [-0.05, 0) is 30.5 Å². The smallest absolute Gasteiger partial charge is 0.248 e. The number of carbonyl (C=O) groups excluding carboxylic acids is 1. The van der Waals surface area contributed by atoms with Crippen molar-refractivity contribution in [3.63, 3.8) is 0 Å². The van der Waals surface area contributed by atoms with Crippen LogP contribution >= 0.6 is 36.6 Å². The van der Waals surface area contributed by atoms with Crippen LogP contribution in [0.2, 0.25) is 0 Å². The molecule has 0 aliphatic rings. The molecule has 0 aliphatic carbocycles. The first-order valence-electron chi connectivity index (χ1n) is 3.18. The molecular weight excluding hydrogens is 229 g/mol. The maximum absolute atomic E-state index is 10.6. The van der Waals surface area contributed by atoms with E-state index in [-0.39, 0.29) is 30.7 Å². The zero-order chi connectivity index (χ0) is 8.27. The van der Waals surface area contributed by atoms with Gasteiger partial charge in [0.1, 0.15) is 0 Å². The predicted molar refractivity (Wildman–Crippen MR) is 61.2 cm³/mol. The first-order valence-corrected chi connectivity index (χ1v) is 4.40. The van der Waals surface area contributed by atoms with Crippen LogP contribution in [0.15, 0.2) is 29.2 Å². The number of hydrogen-bond acceptors (Lipinski definition) is 2. The van der Waals surface area contributed by atoms with Crippen molar-refractivity contribution in [2.75, 3.05) is 6.26 Å². The first-order chi connectivity index (χ1) is 5.24. The minimum atomic E-state index is -0.377. The van der Waals surface area contributed by atoms with Crippen LogP contribution < -0.4 is 5.73 Å². The largest absolute Gasteiger partial charge is 0.366 e. The van der Waals surface area contributed by atoms with Crippen LogP contribution in [0.4, 0.5) is 0 Å². The molecule has 74 valence electrons. The van der Waals surface area contributed by atoms with Crippen molar-refractivity contribution in [1.82, 2.24) is 0 Å². The van der Waals surface area contributed by atoms with E-state index in [0.717, 1.165) is 4.90 Å². The average Bonchev–Trinajstić information content (AvgIpc) is 2.05. The first kappa shape index (κ1) is 15.1. The van der Waals surface area contributed by atoms with E-state index in [0.29, 0.717) is 5.56 Å². The molecule has 1 amide bonds. The Morgan fingerprint density at radius 2 is 1.69 bits per heavy atom. The number of amides is 1. The third kappa shape index (κ3) is 4.41. The highest BCUT2D eigenvalue weighted by Crippen LogP contribution is 2.14. The number of benzene rings is 1. The van der Waals surface area contributed by atoms with Crippen molar-refractivity contribution in [2.24, 2.45) is 5.73 Å². The number of carbonyl (C=O) groups is 1. The Kier molecular flexibility index (Phi) is 8.21. The van der Waals surface area contributed by atoms with Crippen molar-refractivity contribution >= 4 is 42.5 Å². The molecule has 1 aromatic rings. The third-order valence-corrected chi connectivity index (χ3v) is 2.12. The predicted octanol–water partition coefficient (Wildman–Crippen LogP) is 2.35. The van der Waals surface area contributed by atoms with Crippen LogP contribution in [0, 0.1) is 0 Å². The highest BCUT2D eigenvalue weighted by atomic mass is 35.5. The lowest BCUT2D eigenvalue weighted by atomic mass is 10.2. The molecule has 13 heavy (non-hydrogen) atoms. The van der Waals surface area contributed by atoms with Gasteiger partial charge in [0.05, 0.1) is 0 Å². The fourth-order valence-electron chi connectivity index (χ4n) is 0.755. The summed E-state index contributed by atoms with van der Waals surface area (Å²) in [7, 11) is 0. The highest BCUT2D eigenvalue weighted by Gasteiger charge is 1.97. The monoisotopic (exact) mass is 239 g/mol. The van der Waals surface area contributed by atoms with Crippen molar-refractivity contribution in [3.05, 3.63) is 29.8 Å². The van der Waals surface area contributed by atoms with Crippen LogP contribution in [0.25, 0.3) is 0 Å². The molecule has 2 N–H and O–H groups in total. The zero-order valence-electron chi connectivity index (χ0n) is 7.02. The van der Waals surface area contributed by atoms with Crippen LogP contribution in [0.1, 0.15) is 10.4 Å². The van der Waals surface area contributed by atoms with Gasteiger partial charge in [0.2, 0.25) is 5.91 Å². The van der Waals surface area contributed by atoms with Crippen LogP contribution in [-0.4, -0.2) is 12.2 Å². The van der Waals surface area contributed by atoms with Crippen molar-refractivity contribution < 1.29 is 4.79 Å². The second kappa shape index (κ2) is 7.06. The third-order valence-electron chi connectivity index (χ3n) is 1.37. The molecule has 2 nitrogen and oxygen atoms in total. The van der Waals surface area contributed by atoms with Crippen LogP contribution in [-0.2, 0) is 0 Å². The fraction of sp³-hybridized carbons (Fsp3) is 0.125. The fourth-order valence-corrected chi connectivity index (χ4v) is 1.16. The molecule has 0 atom stereocenters. The lowest BCUT2D eigenvalue weighted by molar-refractivity contribution is 0.100. The molecule has 0 aliphatic heterocycles. The van der Waals surface area contributed by atoms with Gasteiger partial charge < -0.3 is 5.73 Å². The number of nitrogens with two attached hydrogens (primary N) is 1. The van der Waals surface area contributed by atoms with Gasteiger partial charge in [-0.3, -0.25) is 4.79 Å². The molecule has 0 heterocycles. The summed E-state index contributed by atoms with van der Waals surface area (Å²) >= 11 is 1.64. The lowest BCUT2D eigenvalue weighted by Crippen LogP contribution is -2.10. The summed E-state index contributed by atoms with van der Waals surface area (Å²) in [5.74, 6) is -0.377. The number of halogens is 2. The summed E-state index contributed by atoms with van der Waals surface area (Å²) in [6.07, 6.45) is 1.99. The van der Waals surface area contributed by atoms with Crippen LogP contribution in [0.3, 0.4) is 0 Å². The normalized spacial score (nSPS) is 8.08. The Balaban J connectivity index is 0. The van der Waals surface area contributed by atoms with E-state index in [4.69, 9.17) is 5.73 Å². The minimum Gasteiger partial charge on any atom is -0.366 e. The molecule has 0 saturated carbocycles. The summed E-state index contributed by atoms with van der Waals surface area (Å²) in [4.78, 5) is 11.8. The molecule has 0 bridgehead atoms. The highest BCUT2D eigenvalue weighted by molar-refractivity contribution is 7.98. The SMILES string of the molecule is CSc1ccc(C(N)=O)cc1.Cl.Cl. The average molecular weight is 240 g/mol. The molecule has 1 rings (SSSR count). The summed E-state index contributed by atoms with van der Waals surface area (Å²) in [5.41, 5.74) is 5.62. The number of rotatable bonds is 2. The molecule has 0 fully saturated rings. The minimum absolute atomic E-state index is 0. The summed E-state index contributed by atoms with van der Waals surface area (Å²) in [5, 5.41) is 0. The molecule has 1 aromatic carbocycles. The van der Waals surface area contributed by atoms with Gasteiger partial charge >= 0.3 is 0 Å². The molecule has 0 aromatic heterocycles. The van der Waals surface area contributed by atoms with Gasteiger partial charge in [-0.1, -0.05) is 0 Å². The van der Waals surface area contributed by atoms with Gasteiger partial charge in [-0.25, -0.2) is 0 Å². The van der Waals surface area contributed by atoms with Gasteiger partial charge in [0.15, 0.2) is 0 Å². The van der Waals surface area contributed by atoms with Crippen LogP contribution in [0.5, 0.6) is 0 Å². The topological polar surface area (TPSA) is 43.1 Å². The quantitative estimate of drug-likeness (QED) is 0.806. The van der Waals surface area contributed by atoms with Crippen molar-refractivity contribution in [1.29, 1.82) is 0 Å². The van der Waals surface area contributed by atoms with E-state index in [1.807, 2.05) is 18.4 Å². The van der Waals surface area contributed by atoms with E-state index in [2.05, 4.69) is 0 Å². The van der Waals surface area contributed by atoms with Gasteiger partial charge in [-0.2, -0.15) is 0 Å². The van der Waals surface area contributed by atoms with Gasteiger partial charge in [0, 0.05) is 10.5 Å². The Bertz CT molecular complexity index is 263. The van der Waals surface area contributed by atoms with E-state index in [1.165, 1.54) is 0 Å². The lowest BCUT2D eigenvalue weighted by Gasteiger charge is -1.96. The Morgan fingerprint density at radius 1 is 1.23 bits per heavy atom. The van der Waals surface area contributed by atoms with Crippen molar-refractivity contribution in [3.8, 4) is 0 Å².